The molecule has 5 nitrogen and oxygen atoms in total. The number of nitrogens with one attached hydrogen (secondary N) is 1. The van der Waals surface area contributed by atoms with Crippen LogP contribution in [0.4, 0.5) is 4.39 Å². The van der Waals surface area contributed by atoms with Crippen molar-refractivity contribution >= 4 is 28.6 Å². The third-order valence-electron chi connectivity index (χ3n) is 4.66. The Hall–Kier alpha value is -2.16. The Morgan fingerprint density at radius 3 is 2.89 bits per heavy atom. The highest BCUT2D eigenvalue weighted by molar-refractivity contribution is 7.13. The molecule has 3 heterocycles. The Morgan fingerprint density at radius 2 is 2.11 bits per heavy atom. The fourth-order valence-electron chi connectivity index (χ4n) is 3.30. The Morgan fingerprint density at radius 1 is 1.26 bits per heavy atom. The van der Waals surface area contributed by atoms with Crippen molar-refractivity contribution in [3.8, 4) is 0 Å². The van der Waals surface area contributed by atoms with Gasteiger partial charge in [-0.25, -0.2) is 4.39 Å². The van der Waals surface area contributed by atoms with Crippen molar-refractivity contribution in [1.82, 2.24) is 20.4 Å². The topological polar surface area (TPSA) is 58.1 Å². The lowest BCUT2D eigenvalue weighted by molar-refractivity contribution is 0.0950. The zero-order chi connectivity index (χ0) is 18.6. The van der Waals surface area contributed by atoms with Crippen LogP contribution in [0, 0.1) is 5.82 Å². The summed E-state index contributed by atoms with van der Waals surface area (Å²) in [5.41, 5.74) is 2.20. The van der Waals surface area contributed by atoms with E-state index in [1.807, 2.05) is 0 Å². The number of carbonyl (C=O) groups excluding carboxylic acids is 1. The van der Waals surface area contributed by atoms with E-state index in [0.29, 0.717) is 24.1 Å². The number of benzene rings is 1. The van der Waals surface area contributed by atoms with Crippen LogP contribution in [-0.4, -0.2) is 27.5 Å². The molecule has 3 aromatic rings. The van der Waals surface area contributed by atoms with Gasteiger partial charge in [0.25, 0.3) is 5.91 Å². The van der Waals surface area contributed by atoms with Gasteiger partial charge in [-0.3, -0.25) is 9.69 Å². The normalized spacial score (nSPS) is 17.3. The van der Waals surface area contributed by atoms with E-state index in [-0.39, 0.29) is 11.7 Å². The highest BCUT2D eigenvalue weighted by Crippen LogP contribution is 2.34. The van der Waals surface area contributed by atoms with E-state index in [0.717, 1.165) is 23.5 Å². The molecule has 0 saturated carbocycles. The van der Waals surface area contributed by atoms with Crippen LogP contribution < -0.4 is 5.32 Å². The van der Waals surface area contributed by atoms with Crippen molar-refractivity contribution in [2.24, 2.45) is 0 Å². The Balaban J connectivity index is 1.35. The SMILES string of the molecule is O=C(NCc1ccc(F)cc1)c1nnc(CN2CCCC2c2ccsc2)s1. The van der Waals surface area contributed by atoms with Gasteiger partial charge in [-0.05, 0) is 59.5 Å². The maximum Gasteiger partial charge on any atom is 0.282 e. The summed E-state index contributed by atoms with van der Waals surface area (Å²) < 4.78 is 12.9. The Kier molecular flexibility index (Phi) is 5.56. The van der Waals surface area contributed by atoms with Gasteiger partial charge in [-0.2, -0.15) is 11.3 Å². The minimum Gasteiger partial charge on any atom is -0.346 e. The molecule has 2 aromatic heterocycles. The molecule has 4 rings (SSSR count). The van der Waals surface area contributed by atoms with Crippen molar-refractivity contribution in [3.05, 3.63) is 68.1 Å². The summed E-state index contributed by atoms with van der Waals surface area (Å²) in [6.07, 6.45) is 2.32. The average molecular weight is 403 g/mol. The lowest BCUT2D eigenvalue weighted by atomic mass is 10.1. The van der Waals surface area contributed by atoms with Crippen molar-refractivity contribution in [2.75, 3.05) is 6.54 Å². The van der Waals surface area contributed by atoms with E-state index >= 15 is 0 Å². The van der Waals surface area contributed by atoms with Crippen LogP contribution in [0.1, 0.15) is 44.8 Å². The molecule has 140 valence electrons. The third kappa shape index (κ3) is 4.40. The van der Waals surface area contributed by atoms with Crippen molar-refractivity contribution in [3.63, 3.8) is 0 Å². The molecular formula is C19H19FN4OS2. The second kappa shape index (κ2) is 8.24. The quantitative estimate of drug-likeness (QED) is 0.677. The highest BCUT2D eigenvalue weighted by Gasteiger charge is 2.27. The fourth-order valence-corrected chi connectivity index (χ4v) is 4.79. The predicted molar refractivity (Wildman–Crippen MR) is 104 cm³/mol. The van der Waals surface area contributed by atoms with Gasteiger partial charge in [0.2, 0.25) is 5.01 Å². The molecular weight excluding hydrogens is 383 g/mol. The Bertz CT molecular complexity index is 895. The van der Waals surface area contributed by atoms with E-state index in [9.17, 15) is 9.18 Å². The summed E-state index contributed by atoms with van der Waals surface area (Å²) in [5, 5.41) is 16.6. The molecule has 1 fully saturated rings. The van der Waals surface area contributed by atoms with Crippen LogP contribution >= 0.6 is 22.7 Å². The van der Waals surface area contributed by atoms with Crippen molar-refractivity contribution in [1.29, 1.82) is 0 Å². The third-order valence-corrected chi connectivity index (χ3v) is 6.27. The molecule has 8 heteroatoms. The molecule has 1 N–H and O–H groups in total. The molecule has 1 aliphatic rings. The number of aromatic nitrogens is 2. The fraction of sp³-hybridized carbons (Fsp3) is 0.316. The van der Waals surface area contributed by atoms with Gasteiger partial charge in [0, 0.05) is 12.6 Å². The zero-order valence-electron chi connectivity index (χ0n) is 14.6. The number of likely N-dealkylation sites (tertiary alicyclic amines) is 1. The van der Waals surface area contributed by atoms with Crippen LogP contribution in [0.25, 0.3) is 0 Å². The molecule has 1 unspecified atom stereocenters. The molecule has 1 saturated heterocycles. The lowest BCUT2D eigenvalue weighted by Crippen LogP contribution is -2.22. The van der Waals surface area contributed by atoms with Crippen LogP contribution in [0.5, 0.6) is 0 Å². The van der Waals surface area contributed by atoms with E-state index in [4.69, 9.17) is 0 Å². The highest BCUT2D eigenvalue weighted by atomic mass is 32.1. The summed E-state index contributed by atoms with van der Waals surface area (Å²) in [5.74, 6) is -0.541. The molecule has 0 bridgehead atoms. The largest absolute Gasteiger partial charge is 0.346 e. The second-order valence-corrected chi connectivity index (χ2v) is 8.34. The van der Waals surface area contributed by atoms with Crippen LogP contribution in [0.15, 0.2) is 41.1 Å². The van der Waals surface area contributed by atoms with Gasteiger partial charge in [-0.1, -0.05) is 23.5 Å². The number of hydrogen-bond acceptors (Lipinski definition) is 6. The van der Waals surface area contributed by atoms with Crippen LogP contribution in [-0.2, 0) is 13.1 Å². The maximum absolute atomic E-state index is 12.9. The zero-order valence-corrected chi connectivity index (χ0v) is 16.2. The molecule has 1 aliphatic heterocycles. The monoisotopic (exact) mass is 402 g/mol. The van der Waals surface area contributed by atoms with E-state index in [2.05, 4.69) is 37.2 Å². The first kappa shape index (κ1) is 18.2. The summed E-state index contributed by atoms with van der Waals surface area (Å²) in [7, 11) is 0. The first-order valence-corrected chi connectivity index (χ1v) is 10.6. The van der Waals surface area contributed by atoms with E-state index < -0.39 is 0 Å². The van der Waals surface area contributed by atoms with Gasteiger partial charge in [0.15, 0.2) is 0 Å². The number of rotatable bonds is 6. The van der Waals surface area contributed by atoms with Crippen LogP contribution in [0.3, 0.4) is 0 Å². The number of halogens is 1. The predicted octanol–water partition coefficient (Wildman–Crippen LogP) is 4.01. The summed E-state index contributed by atoms with van der Waals surface area (Å²) in [6.45, 7) is 2.08. The van der Waals surface area contributed by atoms with Crippen molar-refractivity contribution < 1.29 is 9.18 Å². The smallest absolute Gasteiger partial charge is 0.282 e. The van der Waals surface area contributed by atoms with Crippen molar-refractivity contribution in [2.45, 2.75) is 32.0 Å². The van der Waals surface area contributed by atoms with E-state index in [1.54, 1.807) is 23.5 Å². The maximum atomic E-state index is 12.9. The number of nitrogens with zero attached hydrogens (tertiary/aromatic N) is 3. The first-order valence-electron chi connectivity index (χ1n) is 8.80. The standard InChI is InChI=1S/C19H19FN4OS2/c20-15-5-3-13(4-6-15)10-21-18(25)19-23-22-17(27-19)11-24-8-1-2-16(24)14-7-9-26-12-14/h3-7,9,12,16H,1-2,8,10-11H2,(H,21,25). The van der Waals surface area contributed by atoms with Gasteiger partial charge in [-0.15, -0.1) is 10.2 Å². The van der Waals surface area contributed by atoms with Gasteiger partial charge >= 0.3 is 0 Å². The number of amides is 1. The molecule has 27 heavy (non-hydrogen) atoms. The number of thiophene rings is 1. The minimum absolute atomic E-state index is 0.251. The van der Waals surface area contributed by atoms with E-state index in [1.165, 1.54) is 35.5 Å². The van der Waals surface area contributed by atoms with Gasteiger partial charge < -0.3 is 5.32 Å². The molecule has 1 amide bonds. The van der Waals surface area contributed by atoms with Gasteiger partial charge in [0.1, 0.15) is 10.8 Å². The summed E-state index contributed by atoms with van der Waals surface area (Å²) >= 11 is 3.05. The minimum atomic E-state index is -0.290. The Labute approximate surface area is 164 Å². The number of carbonyl (C=O) groups is 1. The molecule has 0 radical (unpaired) electrons. The molecule has 0 spiro atoms. The first-order chi connectivity index (χ1) is 13.2. The summed E-state index contributed by atoms with van der Waals surface area (Å²) in [4.78, 5) is 14.7. The summed E-state index contributed by atoms with van der Waals surface area (Å²) in [6, 6.07) is 8.67. The molecule has 1 aromatic carbocycles. The van der Waals surface area contributed by atoms with Crippen LogP contribution in [0.2, 0.25) is 0 Å². The average Bonchev–Trinajstić information content (AvgIpc) is 3.43. The lowest BCUT2D eigenvalue weighted by Gasteiger charge is -2.22. The van der Waals surface area contributed by atoms with Gasteiger partial charge in [0.05, 0.1) is 6.54 Å². The second-order valence-electron chi connectivity index (χ2n) is 6.50. The molecule has 1 atom stereocenters. The molecule has 0 aliphatic carbocycles. The number of hydrogen-bond donors (Lipinski definition) is 1.